The van der Waals surface area contributed by atoms with Crippen LogP contribution < -0.4 is 9.62 Å². The van der Waals surface area contributed by atoms with Crippen LogP contribution in [0.25, 0.3) is 0 Å². The second-order valence-corrected chi connectivity index (χ2v) is 11.1. The number of carbonyl (C=O) groups excluding carboxylic acids is 2. The van der Waals surface area contributed by atoms with Gasteiger partial charge in [0.05, 0.1) is 10.6 Å². The Morgan fingerprint density at radius 3 is 2.05 bits per heavy atom. The van der Waals surface area contributed by atoms with Gasteiger partial charge >= 0.3 is 0 Å². The number of amides is 2. The van der Waals surface area contributed by atoms with Crippen LogP contribution in [0.15, 0.2) is 83.8 Å². The molecule has 0 aromatic heterocycles. The van der Waals surface area contributed by atoms with Gasteiger partial charge in [0.25, 0.3) is 10.0 Å². The van der Waals surface area contributed by atoms with E-state index < -0.39 is 28.5 Å². The number of sulfonamides is 1. The molecule has 0 radical (unpaired) electrons. The molecule has 0 saturated heterocycles. The molecule has 0 unspecified atom stereocenters. The maximum absolute atomic E-state index is 14.1. The molecule has 0 aliphatic carbocycles. The minimum absolute atomic E-state index is 0.0919. The van der Waals surface area contributed by atoms with Gasteiger partial charge in [0.2, 0.25) is 11.8 Å². The lowest BCUT2D eigenvalue weighted by molar-refractivity contribution is -0.140. The van der Waals surface area contributed by atoms with Gasteiger partial charge in [0.1, 0.15) is 12.6 Å². The van der Waals surface area contributed by atoms with E-state index in [1.807, 2.05) is 64.1 Å². The molecule has 0 aliphatic heterocycles. The van der Waals surface area contributed by atoms with E-state index in [0.717, 1.165) is 27.4 Å². The summed E-state index contributed by atoms with van der Waals surface area (Å²) < 4.78 is 28.8. The molecule has 38 heavy (non-hydrogen) atoms. The number of benzene rings is 3. The summed E-state index contributed by atoms with van der Waals surface area (Å²) in [6.07, 6.45) is 1.16. The predicted octanol–water partition coefficient (Wildman–Crippen LogP) is 4.83. The predicted molar refractivity (Wildman–Crippen MR) is 151 cm³/mol. The van der Waals surface area contributed by atoms with Gasteiger partial charge in [-0.05, 0) is 61.6 Å². The normalized spacial score (nSPS) is 12.0. The molecule has 1 atom stereocenters. The fourth-order valence-electron chi connectivity index (χ4n) is 4.33. The smallest absolute Gasteiger partial charge is 0.264 e. The summed E-state index contributed by atoms with van der Waals surface area (Å²) >= 11 is 0. The van der Waals surface area contributed by atoms with Crippen LogP contribution in [0.3, 0.4) is 0 Å². The fourth-order valence-corrected chi connectivity index (χ4v) is 5.83. The lowest BCUT2D eigenvalue weighted by Gasteiger charge is -2.34. The van der Waals surface area contributed by atoms with Crippen LogP contribution in [-0.2, 0) is 26.2 Å². The van der Waals surface area contributed by atoms with Crippen LogP contribution in [0.5, 0.6) is 0 Å². The number of hydrogen-bond acceptors (Lipinski definition) is 4. The molecular formula is C30H37N3O4S. The lowest BCUT2D eigenvalue weighted by Crippen LogP contribution is -2.52. The monoisotopic (exact) mass is 535 g/mol. The van der Waals surface area contributed by atoms with Crippen LogP contribution >= 0.6 is 0 Å². The molecule has 7 nitrogen and oxygen atoms in total. The first-order valence-electron chi connectivity index (χ1n) is 13.0. The van der Waals surface area contributed by atoms with Crippen molar-refractivity contribution in [3.8, 4) is 0 Å². The van der Waals surface area contributed by atoms with Gasteiger partial charge in [-0.2, -0.15) is 0 Å². The summed E-state index contributed by atoms with van der Waals surface area (Å²) in [5.41, 5.74) is 3.03. The van der Waals surface area contributed by atoms with E-state index in [9.17, 15) is 18.0 Å². The van der Waals surface area contributed by atoms with Gasteiger partial charge in [-0.3, -0.25) is 13.9 Å². The Balaban J connectivity index is 2.06. The largest absolute Gasteiger partial charge is 0.354 e. The van der Waals surface area contributed by atoms with Crippen molar-refractivity contribution in [1.29, 1.82) is 0 Å². The molecule has 2 amide bonds. The first-order valence-corrected chi connectivity index (χ1v) is 14.4. The quantitative estimate of drug-likeness (QED) is 0.360. The van der Waals surface area contributed by atoms with Crippen LogP contribution in [-0.4, -0.2) is 44.3 Å². The standard InChI is InChI=1S/C30H37N3O4S/c1-5-20-31-30(35)27(6-2)32(21-25-16-12-10-14-23(25)3)29(34)22-33(28-19-13-11-15-24(28)4)38(36,37)26-17-8-7-9-18-26/h7-19,27H,5-6,20-22H2,1-4H3,(H,31,35)/t27-/m0/s1. The zero-order valence-corrected chi connectivity index (χ0v) is 23.4. The van der Waals surface area contributed by atoms with Gasteiger partial charge in [-0.15, -0.1) is 0 Å². The third-order valence-electron chi connectivity index (χ3n) is 6.53. The highest BCUT2D eigenvalue weighted by atomic mass is 32.2. The number of para-hydroxylation sites is 1. The fraction of sp³-hybridized carbons (Fsp3) is 0.333. The maximum atomic E-state index is 14.1. The number of hydrogen-bond donors (Lipinski definition) is 1. The highest BCUT2D eigenvalue weighted by Crippen LogP contribution is 2.27. The van der Waals surface area contributed by atoms with Gasteiger partial charge in [0, 0.05) is 13.1 Å². The summed E-state index contributed by atoms with van der Waals surface area (Å²) in [6, 6.07) is 22.1. The average Bonchev–Trinajstić information content (AvgIpc) is 2.92. The Hall–Kier alpha value is -3.65. The SMILES string of the molecule is CCCNC(=O)[C@H](CC)N(Cc1ccccc1C)C(=O)CN(c1ccccc1C)S(=O)(=O)c1ccccc1. The number of carbonyl (C=O) groups is 2. The van der Waals surface area contributed by atoms with E-state index in [1.165, 1.54) is 17.0 Å². The summed E-state index contributed by atoms with van der Waals surface area (Å²) in [7, 11) is -4.07. The van der Waals surface area contributed by atoms with E-state index in [0.29, 0.717) is 18.7 Å². The van der Waals surface area contributed by atoms with E-state index >= 15 is 0 Å². The molecule has 0 fully saturated rings. The first-order chi connectivity index (χ1) is 18.2. The second kappa shape index (κ2) is 13.2. The maximum Gasteiger partial charge on any atom is 0.264 e. The molecule has 8 heteroatoms. The van der Waals surface area contributed by atoms with E-state index in [2.05, 4.69) is 5.32 Å². The number of anilines is 1. The van der Waals surface area contributed by atoms with Crippen molar-refractivity contribution < 1.29 is 18.0 Å². The Kier molecular flexibility index (Phi) is 10.1. The van der Waals surface area contributed by atoms with Crippen molar-refractivity contribution in [1.82, 2.24) is 10.2 Å². The van der Waals surface area contributed by atoms with Crippen molar-refractivity contribution >= 4 is 27.5 Å². The second-order valence-electron chi connectivity index (χ2n) is 9.27. The van der Waals surface area contributed by atoms with Crippen LogP contribution in [0.1, 0.15) is 43.4 Å². The molecule has 0 spiro atoms. The van der Waals surface area contributed by atoms with E-state index in [4.69, 9.17) is 0 Å². The average molecular weight is 536 g/mol. The minimum atomic E-state index is -4.07. The molecule has 3 aromatic rings. The van der Waals surface area contributed by atoms with Gasteiger partial charge in [-0.1, -0.05) is 74.5 Å². The molecule has 0 bridgehead atoms. The summed E-state index contributed by atoms with van der Waals surface area (Å²) in [6.45, 7) is 7.84. The molecule has 0 aliphatic rings. The van der Waals surface area contributed by atoms with Gasteiger partial charge in [-0.25, -0.2) is 8.42 Å². The highest BCUT2D eigenvalue weighted by molar-refractivity contribution is 7.92. The van der Waals surface area contributed by atoms with Crippen molar-refractivity contribution in [3.63, 3.8) is 0 Å². The Bertz CT molecular complexity index is 1340. The summed E-state index contributed by atoms with van der Waals surface area (Å²) in [5.74, 6) is -0.695. The summed E-state index contributed by atoms with van der Waals surface area (Å²) in [5, 5.41) is 2.90. The third kappa shape index (κ3) is 6.81. The van der Waals surface area contributed by atoms with Gasteiger partial charge in [0.15, 0.2) is 0 Å². The summed E-state index contributed by atoms with van der Waals surface area (Å²) in [4.78, 5) is 28.8. The van der Waals surface area contributed by atoms with Crippen molar-refractivity contribution in [3.05, 3.63) is 95.6 Å². The Morgan fingerprint density at radius 2 is 1.45 bits per heavy atom. The topological polar surface area (TPSA) is 86.8 Å². The molecule has 202 valence electrons. The molecular weight excluding hydrogens is 498 g/mol. The molecule has 3 rings (SSSR count). The Labute approximate surface area is 226 Å². The van der Waals surface area contributed by atoms with E-state index in [1.54, 1.807) is 30.3 Å². The van der Waals surface area contributed by atoms with Crippen molar-refractivity contribution in [2.24, 2.45) is 0 Å². The van der Waals surface area contributed by atoms with Crippen molar-refractivity contribution in [2.45, 2.75) is 58.0 Å². The first kappa shape index (κ1) is 28.9. The molecule has 1 N–H and O–H groups in total. The van der Waals surface area contributed by atoms with E-state index in [-0.39, 0.29) is 17.3 Å². The molecule has 0 heterocycles. The minimum Gasteiger partial charge on any atom is -0.354 e. The zero-order chi connectivity index (χ0) is 27.7. The highest BCUT2D eigenvalue weighted by Gasteiger charge is 2.34. The molecule has 3 aromatic carbocycles. The third-order valence-corrected chi connectivity index (χ3v) is 8.31. The lowest BCUT2D eigenvalue weighted by atomic mass is 10.1. The number of nitrogens with zero attached hydrogens (tertiary/aromatic N) is 2. The van der Waals surface area contributed by atoms with Crippen molar-refractivity contribution in [2.75, 3.05) is 17.4 Å². The molecule has 0 saturated carbocycles. The Morgan fingerprint density at radius 1 is 0.842 bits per heavy atom. The van der Waals surface area contributed by atoms with Crippen LogP contribution in [0.4, 0.5) is 5.69 Å². The zero-order valence-electron chi connectivity index (χ0n) is 22.6. The number of nitrogens with one attached hydrogen (secondary N) is 1. The number of aryl methyl sites for hydroxylation is 2. The number of rotatable bonds is 12. The van der Waals surface area contributed by atoms with Crippen LogP contribution in [0, 0.1) is 13.8 Å². The van der Waals surface area contributed by atoms with Gasteiger partial charge < -0.3 is 10.2 Å². The van der Waals surface area contributed by atoms with Crippen LogP contribution in [0.2, 0.25) is 0 Å².